The van der Waals surface area contributed by atoms with Gasteiger partial charge in [0, 0.05) is 0 Å². The smallest absolute Gasteiger partial charge is 0.342 e. The Morgan fingerprint density at radius 3 is 2.95 bits per heavy atom. The highest BCUT2D eigenvalue weighted by molar-refractivity contribution is 5.98. The number of esters is 1. The van der Waals surface area contributed by atoms with Gasteiger partial charge < -0.3 is 10.5 Å². The molecule has 0 aliphatic heterocycles. The third-order valence-electron chi connectivity index (χ3n) is 3.32. The van der Waals surface area contributed by atoms with Crippen molar-refractivity contribution in [3.05, 3.63) is 36.0 Å². The molecule has 0 bridgehead atoms. The topological polar surface area (TPSA) is 73.5 Å². The van der Waals surface area contributed by atoms with Gasteiger partial charge in [0.25, 0.3) is 0 Å². The Kier molecular flexibility index (Phi) is 2.78. The minimum Gasteiger partial charge on any atom is -0.462 e. The lowest BCUT2D eigenvalue weighted by molar-refractivity contribution is -0.618. The number of ether oxygens (including phenoxy) is 1. The normalized spacial score (nSPS) is 11.1. The fraction of sp³-hybridized carbons (Fsp3) is 0.214. The largest absolute Gasteiger partial charge is 0.462 e. The fourth-order valence-corrected chi connectivity index (χ4v) is 2.39. The molecule has 6 heteroatoms. The van der Waals surface area contributed by atoms with E-state index in [4.69, 9.17) is 10.5 Å². The van der Waals surface area contributed by atoms with E-state index >= 15 is 0 Å². The Morgan fingerprint density at radius 2 is 2.20 bits per heavy atom. The molecule has 0 amide bonds. The van der Waals surface area contributed by atoms with Gasteiger partial charge in [-0.3, -0.25) is 0 Å². The zero-order valence-electron chi connectivity index (χ0n) is 11.3. The average Bonchev–Trinajstić information content (AvgIpc) is 2.74. The molecule has 2 heterocycles. The lowest BCUT2D eigenvalue weighted by Crippen LogP contribution is -2.29. The van der Waals surface area contributed by atoms with Crippen molar-refractivity contribution in [3.8, 4) is 0 Å². The number of anilines is 1. The van der Waals surface area contributed by atoms with E-state index in [1.165, 1.54) is 6.20 Å². The average molecular weight is 271 g/mol. The van der Waals surface area contributed by atoms with Crippen LogP contribution in [-0.4, -0.2) is 22.2 Å². The maximum absolute atomic E-state index is 11.9. The summed E-state index contributed by atoms with van der Waals surface area (Å²) in [5, 5.41) is 4.31. The van der Waals surface area contributed by atoms with Crippen molar-refractivity contribution in [1.29, 1.82) is 0 Å². The number of hydrogen-bond acceptors (Lipinski definition) is 4. The Morgan fingerprint density at radius 1 is 1.45 bits per heavy atom. The number of para-hydroxylation sites is 2. The molecule has 20 heavy (non-hydrogen) atoms. The lowest BCUT2D eigenvalue weighted by atomic mass is 10.2. The minimum absolute atomic E-state index is 0.290. The number of nitrogens with zero attached hydrogens (tertiary/aromatic N) is 3. The van der Waals surface area contributed by atoms with Gasteiger partial charge in [0.15, 0.2) is 5.52 Å². The van der Waals surface area contributed by atoms with Crippen molar-refractivity contribution in [2.45, 2.75) is 6.92 Å². The summed E-state index contributed by atoms with van der Waals surface area (Å²) in [6, 6.07) is 7.82. The van der Waals surface area contributed by atoms with Crippen LogP contribution in [0.5, 0.6) is 0 Å². The molecule has 0 unspecified atom stereocenters. The van der Waals surface area contributed by atoms with Gasteiger partial charge in [-0.1, -0.05) is 21.7 Å². The van der Waals surface area contributed by atoms with Crippen molar-refractivity contribution in [2.75, 3.05) is 12.3 Å². The molecule has 2 aromatic heterocycles. The van der Waals surface area contributed by atoms with Gasteiger partial charge in [0.05, 0.1) is 19.9 Å². The maximum atomic E-state index is 11.9. The Labute approximate surface area is 115 Å². The fourth-order valence-electron chi connectivity index (χ4n) is 2.39. The molecular formula is C14H15N4O2+. The van der Waals surface area contributed by atoms with E-state index in [2.05, 4.69) is 5.10 Å². The Hall–Kier alpha value is -2.63. The molecule has 102 valence electrons. The summed E-state index contributed by atoms with van der Waals surface area (Å²) in [5.41, 5.74) is 9.40. The molecule has 0 spiro atoms. The second kappa shape index (κ2) is 4.48. The predicted octanol–water partition coefficient (Wildman–Crippen LogP) is 1.07. The van der Waals surface area contributed by atoms with Crippen LogP contribution in [0.25, 0.3) is 16.7 Å². The van der Waals surface area contributed by atoms with Crippen LogP contribution in [0.15, 0.2) is 30.5 Å². The Balaban J connectivity index is 2.35. The van der Waals surface area contributed by atoms with Gasteiger partial charge in [-0.25, -0.2) is 9.36 Å². The highest BCUT2D eigenvalue weighted by atomic mass is 16.5. The quantitative estimate of drug-likeness (QED) is 0.559. The van der Waals surface area contributed by atoms with Crippen molar-refractivity contribution in [2.24, 2.45) is 7.05 Å². The molecule has 2 N–H and O–H groups in total. The van der Waals surface area contributed by atoms with Crippen LogP contribution in [0.2, 0.25) is 0 Å². The number of aryl methyl sites for hydroxylation is 1. The van der Waals surface area contributed by atoms with Crippen LogP contribution >= 0.6 is 0 Å². The summed E-state index contributed by atoms with van der Waals surface area (Å²) in [4.78, 5) is 11.9. The lowest BCUT2D eigenvalue weighted by Gasteiger charge is -2.03. The third kappa shape index (κ3) is 1.61. The van der Waals surface area contributed by atoms with E-state index in [0.717, 1.165) is 11.0 Å². The van der Waals surface area contributed by atoms with Crippen LogP contribution in [-0.2, 0) is 11.8 Å². The maximum Gasteiger partial charge on any atom is 0.342 e. The number of imidazole rings is 1. The molecule has 1 aromatic carbocycles. The summed E-state index contributed by atoms with van der Waals surface area (Å²) in [7, 11) is 1.89. The molecule has 0 aliphatic rings. The SMILES string of the molecule is CCOC(=O)c1cnn2c3ccccc3[n+](C)c2c1N. The number of aromatic nitrogens is 3. The van der Waals surface area contributed by atoms with Crippen molar-refractivity contribution < 1.29 is 14.1 Å². The van der Waals surface area contributed by atoms with Gasteiger partial charge in [-0.15, -0.1) is 0 Å². The molecule has 0 saturated carbocycles. The first-order chi connectivity index (χ1) is 9.65. The summed E-state index contributed by atoms with van der Waals surface area (Å²) < 4.78 is 8.64. The summed E-state index contributed by atoms with van der Waals surface area (Å²) in [5.74, 6) is -0.453. The van der Waals surface area contributed by atoms with Gasteiger partial charge in [0.2, 0.25) is 5.52 Å². The van der Waals surface area contributed by atoms with Gasteiger partial charge in [-0.05, 0) is 19.1 Å². The first kappa shape index (κ1) is 12.4. The number of fused-ring (bicyclic) bond motifs is 3. The minimum atomic E-state index is -0.453. The van der Waals surface area contributed by atoms with Crippen LogP contribution in [0.3, 0.4) is 0 Å². The number of nitrogen functional groups attached to an aromatic ring is 1. The van der Waals surface area contributed by atoms with E-state index in [9.17, 15) is 4.79 Å². The second-order valence-corrected chi connectivity index (χ2v) is 4.48. The molecule has 0 fully saturated rings. The molecule has 0 radical (unpaired) electrons. The van der Waals surface area contributed by atoms with Gasteiger partial charge >= 0.3 is 11.6 Å². The summed E-state index contributed by atoms with van der Waals surface area (Å²) in [6.07, 6.45) is 1.45. The van der Waals surface area contributed by atoms with Gasteiger partial charge in [0.1, 0.15) is 11.3 Å². The van der Waals surface area contributed by atoms with Crippen molar-refractivity contribution in [3.63, 3.8) is 0 Å². The van der Waals surface area contributed by atoms with E-state index in [0.29, 0.717) is 17.9 Å². The van der Waals surface area contributed by atoms with E-state index in [1.54, 1.807) is 11.4 Å². The van der Waals surface area contributed by atoms with E-state index in [-0.39, 0.29) is 5.56 Å². The number of nitrogens with two attached hydrogens (primary N) is 1. The van der Waals surface area contributed by atoms with Crippen LogP contribution in [0.4, 0.5) is 5.69 Å². The zero-order chi connectivity index (χ0) is 14.3. The number of benzene rings is 1. The van der Waals surface area contributed by atoms with Crippen LogP contribution < -0.4 is 10.3 Å². The predicted molar refractivity (Wildman–Crippen MR) is 74.2 cm³/mol. The Bertz CT molecular complexity index is 823. The van der Waals surface area contributed by atoms with Crippen molar-refractivity contribution >= 4 is 28.3 Å². The van der Waals surface area contributed by atoms with Crippen molar-refractivity contribution in [1.82, 2.24) is 9.61 Å². The molecule has 0 atom stereocenters. The zero-order valence-corrected chi connectivity index (χ0v) is 11.3. The van der Waals surface area contributed by atoms with Crippen LogP contribution in [0, 0.1) is 0 Å². The third-order valence-corrected chi connectivity index (χ3v) is 3.32. The van der Waals surface area contributed by atoms with Gasteiger partial charge in [-0.2, -0.15) is 0 Å². The molecule has 3 aromatic rings. The molecular weight excluding hydrogens is 256 g/mol. The second-order valence-electron chi connectivity index (χ2n) is 4.48. The molecule has 6 nitrogen and oxygen atoms in total. The summed E-state index contributed by atoms with van der Waals surface area (Å²) in [6.45, 7) is 2.06. The highest BCUT2D eigenvalue weighted by Gasteiger charge is 2.25. The number of carbonyl (C=O) groups is 1. The molecule has 0 aliphatic carbocycles. The van der Waals surface area contributed by atoms with E-state index in [1.807, 2.05) is 35.9 Å². The number of rotatable bonds is 2. The summed E-state index contributed by atoms with van der Waals surface area (Å²) >= 11 is 0. The molecule has 3 rings (SSSR count). The first-order valence-corrected chi connectivity index (χ1v) is 6.36. The molecule has 0 saturated heterocycles. The highest BCUT2D eigenvalue weighted by Crippen LogP contribution is 2.20. The van der Waals surface area contributed by atoms with E-state index < -0.39 is 5.97 Å². The number of carbonyl (C=O) groups excluding carboxylic acids is 1. The first-order valence-electron chi connectivity index (χ1n) is 6.36. The van der Waals surface area contributed by atoms with Crippen LogP contribution in [0.1, 0.15) is 17.3 Å². The monoisotopic (exact) mass is 271 g/mol. The number of hydrogen-bond donors (Lipinski definition) is 1. The standard InChI is InChI=1S/C14H14N4O2/c1-3-20-14(19)9-8-16-18-11-7-5-4-6-10(11)17(2)13(18)12(9)15/h4-8H,3H2,1-2H3,(H-,15,16,19)/p+1.